The second-order valence-electron chi connectivity index (χ2n) is 3.84. The molecule has 92 valence electrons. The number of benzene rings is 2. The Morgan fingerprint density at radius 3 is 2.28 bits per heavy atom. The van der Waals surface area contributed by atoms with E-state index in [4.69, 9.17) is 21.4 Å². The first-order valence-electron chi connectivity index (χ1n) is 5.33. The Balaban J connectivity index is 2.22. The molecular weight excluding hydrogens is 252 g/mol. The molecule has 1 N–H and O–H groups in total. The molecule has 3 nitrogen and oxygen atoms in total. The summed E-state index contributed by atoms with van der Waals surface area (Å²) in [6, 6.07) is 11.8. The van der Waals surface area contributed by atoms with Crippen molar-refractivity contribution < 1.29 is 14.6 Å². The maximum absolute atomic E-state index is 10.9. The lowest BCUT2D eigenvalue weighted by Crippen LogP contribution is -1.99. The molecule has 0 aromatic heterocycles. The fraction of sp³-hybridized carbons (Fsp3) is 0.0714. The molecule has 4 heteroatoms. The summed E-state index contributed by atoms with van der Waals surface area (Å²) in [4.78, 5) is 10.9. The van der Waals surface area contributed by atoms with Crippen molar-refractivity contribution in [1.82, 2.24) is 0 Å². The van der Waals surface area contributed by atoms with Crippen LogP contribution < -0.4 is 4.74 Å². The van der Waals surface area contributed by atoms with E-state index in [0.717, 1.165) is 0 Å². The highest BCUT2D eigenvalue weighted by atomic mass is 35.5. The topological polar surface area (TPSA) is 46.5 Å². The third-order valence-corrected chi connectivity index (χ3v) is 2.73. The highest BCUT2D eigenvalue weighted by Gasteiger charge is 2.07. The molecule has 2 aromatic carbocycles. The lowest BCUT2D eigenvalue weighted by atomic mass is 10.1. The lowest BCUT2D eigenvalue weighted by Gasteiger charge is -2.08. The van der Waals surface area contributed by atoms with Crippen molar-refractivity contribution in [2.45, 2.75) is 6.92 Å². The predicted octanol–water partition coefficient (Wildman–Crippen LogP) is 4.14. The SMILES string of the molecule is Cc1cc(Oc2ccc(Cl)cc2)ccc1C(=O)O. The number of carboxylic acids is 1. The van der Waals surface area contributed by atoms with Crippen molar-refractivity contribution in [3.8, 4) is 11.5 Å². The zero-order valence-corrected chi connectivity index (χ0v) is 10.4. The van der Waals surface area contributed by atoms with Crippen LogP contribution in [0.4, 0.5) is 0 Å². The van der Waals surface area contributed by atoms with Gasteiger partial charge in [0, 0.05) is 5.02 Å². The van der Waals surface area contributed by atoms with E-state index in [1.54, 1.807) is 43.3 Å². The normalized spacial score (nSPS) is 10.1. The Kier molecular flexibility index (Phi) is 3.53. The maximum atomic E-state index is 10.9. The highest BCUT2D eigenvalue weighted by molar-refractivity contribution is 6.30. The molecule has 2 aromatic rings. The molecule has 0 unspecified atom stereocenters. The third kappa shape index (κ3) is 2.81. The lowest BCUT2D eigenvalue weighted by molar-refractivity contribution is 0.0696. The molecule has 0 heterocycles. The van der Waals surface area contributed by atoms with E-state index in [1.807, 2.05) is 0 Å². The first-order chi connectivity index (χ1) is 8.56. The summed E-state index contributed by atoms with van der Waals surface area (Å²) in [6.07, 6.45) is 0. The molecule has 0 aliphatic carbocycles. The molecule has 0 saturated carbocycles. The van der Waals surface area contributed by atoms with Crippen molar-refractivity contribution in [3.63, 3.8) is 0 Å². The summed E-state index contributed by atoms with van der Waals surface area (Å²) in [5.74, 6) is 0.312. The maximum Gasteiger partial charge on any atom is 0.335 e. The van der Waals surface area contributed by atoms with Gasteiger partial charge in [0.25, 0.3) is 0 Å². The number of aryl methyl sites for hydroxylation is 1. The van der Waals surface area contributed by atoms with E-state index in [-0.39, 0.29) is 5.56 Å². The number of rotatable bonds is 3. The van der Waals surface area contributed by atoms with E-state index < -0.39 is 5.97 Å². The van der Waals surface area contributed by atoms with Gasteiger partial charge in [-0.05, 0) is 55.0 Å². The molecule has 0 amide bonds. The standard InChI is InChI=1S/C14H11ClO3/c1-9-8-12(6-7-13(9)14(16)17)18-11-4-2-10(15)3-5-11/h2-8H,1H3,(H,16,17). The average molecular weight is 263 g/mol. The van der Waals surface area contributed by atoms with Gasteiger partial charge < -0.3 is 9.84 Å². The van der Waals surface area contributed by atoms with Gasteiger partial charge in [-0.2, -0.15) is 0 Å². The predicted molar refractivity (Wildman–Crippen MR) is 69.7 cm³/mol. The Hall–Kier alpha value is -2.00. The van der Waals surface area contributed by atoms with E-state index in [2.05, 4.69) is 0 Å². The van der Waals surface area contributed by atoms with Crippen LogP contribution in [0.5, 0.6) is 11.5 Å². The summed E-state index contributed by atoms with van der Waals surface area (Å²) < 4.78 is 5.60. The first kappa shape index (κ1) is 12.5. The van der Waals surface area contributed by atoms with Crippen LogP contribution >= 0.6 is 11.6 Å². The van der Waals surface area contributed by atoms with Gasteiger partial charge in [-0.25, -0.2) is 4.79 Å². The molecule has 0 fully saturated rings. The molecule has 2 rings (SSSR count). The molecule has 0 aliphatic rings. The Bertz CT molecular complexity index is 576. The van der Waals surface area contributed by atoms with Crippen molar-refractivity contribution in [2.24, 2.45) is 0 Å². The van der Waals surface area contributed by atoms with Gasteiger partial charge in [0.2, 0.25) is 0 Å². The first-order valence-corrected chi connectivity index (χ1v) is 5.71. The molecule has 0 atom stereocenters. The number of carboxylic acid groups (broad SMARTS) is 1. The molecular formula is C14H11ClO3. The van der Waals surface area contributed by atoms with Crippen LogP contribution in [0.2, 0.25) is 5.02 Å². The van der Waals surface area contributed by atoms with E-state index >= 15 is 0 Å². The number of hydrogen-bond donors (Lipinski definition) is 1. The molecule has 18 heavy (non-hydrogen) atoms. The highest BCUT2D eigenvalue weighted by Crippen LogP contribution is 2.25. The molecule has 0 radical (unpaired) electrons. The van der Waals surface area contributed by atoms with Crippen molar-refractivity contribution in [3.05, 3.63) is 58.6 Å². The second-order valence-corrected chi connectivity index (χ2v) is 4.27. The van der Waals surface area contributed by atoms with Crippen molar-refractivity contribution in [2.75, 3.05) is 0 Å². The van der Waals surface area contributed by atoms with Gasteiger partial charge in [0.05, 0.1) is 5.56 Å². The van der Waals surface area contributed by atoms with Gasteiger partial charge >= 0.3 is 5.97 Å². The zero-order valence-electron chi connectivity index (χ0n) is 9.68. The van der Waals surface area contributed by atoms with Crippen LogP contribution in [-0.4, -0.2) is 11.1 Å². The quantitative estimate of drug-likeness (QED) is 0.904. The van der Waals surface area contributed by atoms with Crippen LogP contribution in [0, 0.1) is 6.92 Å². The number of carbonyl (C=O) groups is 1. The minimum Gasteiger partial charge on any atom is -0.478 e. The number of hydrogen-bond acceptors (Lipinski definition) is 2. The molecule has 0 bridgehead atoms. The number of halogens is 1. The van der Waals surface area contributed by atoms with Gasteiger partial charge in [-0.3, -0.25) is 0 Å². The van der Waals surface area contributed by atoms with E-state index in [9.17, 15) is 4.79 Å². The van der Waals surface area contributed by atoms with E-state index in [1.165, 1.54) is 6.07 Å². The Morgan fingerprint density at radius 1 is 1.11 bits per heavy atom. The van der Waals surface area contributed by atoms with Gasteiger partial charge in [0.15, 0.2) is 0 Å². The number of ether oxygens (including phenoxy) is 1. The summed E-state index contributed by atoms with van der Waals surface area (Å²) in [7, 11) is 0. The minimum atomic E-state index is -0.939. The summed E-state index contributed by atoms with van der Waals surface area (Å²) in [5.41, 5.74) is 0.937. The molecule has 0 spiro atoms. The van der Waals surface area contributed by atoms with E-state index in [0.29, 0.717) is 22.1 Å². The minimum absolute atomic E-state index is 0.276. The van der Waals surface area contributed by atoms with Crippen LogP contribution in [0.3, 0.4) is 0 Å². The fourth-order valence-electron chi connectivity index (χ4n) is 1.58. The van der Waals surface area contributed by atoms with Gasteiger partial charge in [0.1, 0.15) is 11.5 Å². The Labute approximate surface area is 110 Å². The van der Waals surface area contributed by atoms with Crippen LogP contribution in [0.25, 0.3) is 0 Å². The summed E-state index contributed by atoms with van der Waals surface area (Å²) >= 11 is 5.77. The number of aromatic carboxylic acids is 1. The summed E-state index contributed by atoms with van der Waals surface area (Å²) in [6.45, 7) is 1.73. The average Bonchev–Trinajstić information content (AvgIpc) is 2.32. The van der Waals surface area contributed by atoms with Crippen molar-refractivity contribution in [1.29, 1.82) is 0 Å². The van der Waals surface area contributed by atoms with Crippen LogP contribution in [-0.2, 0) is 0 Å². The fourth-order valence-corrected chi connectivity index (χ4v) is 1.70. The zero-order chi connectivity index (χ0) is 13.1. The monoisotopic (exact) mass is 262 g/mol. The second kappa shape index (κ2) is 5.10. The molecule has 0 saturated heterocycles. The van der Waals surface area contributed by atoms with Gasteiger partial charge in [-0.1, -0.05) is 11.6 Å². The van der Waals surface area contributed by atoms with Crippen LogP contribution in [0.15, 0.2) is 42.5 Å². The van der Waals surface area contributed by atoms with Crippen LogP contribution in [0.1, 0.15) is 15.9 Å². The largest absolute Gasteiger partial charge is 0.478 e. The Morgan fingerprint density at radius 2 is 1.72 bits per heavy atom. The third-order valence-electron chi connectivity index (χ3n) is 2.48. The molecule has 0 aliphatic heterocycles. The van der Waals surface area contributed by atoms with Crippen molar-refractivity contribution >= 4 is 17.6 Å². The smallest absolute Gasteiger partial charge is 0.335 e. The van der Waals surface area contributed by atoms with Gasteiger partial charge in [-0.15, -0.1) is 0 Å². The summed E-state index contributed by atoms with van der Waals surface area (Å²) in [5, 5.41) is 9.56.